The van der Waals surface area contributed by atoms with Crippen LogP contribution in [0.4, 0.5) is 16.2 Å². The lowest BCUT2D eigenvalue weighted by molar-refractivity contribution is 0.208. The third kappa shape index (κ3) is 4.23. The number of nitrogens with one attached hydrogen (secondary N) is 3. The molecule has 0 saturated carbocycles. The Hall–Kier alpha value is -2.00. The van der Waals surface area contributed by atoms with Crippen LogP contribution in [-0.2, 0) is 10.0 Å². The van der Waals surface area contributed by atoms with Gasteiger partial charge >= 0.3 is 6.09 Å². The highest BCUT2D eigenvalue weighted by molar-refractivity contribution is 7.89. The molecule has 0 bridgehead atoms. The Bertz CT molecular complexity index is 632. The van der Waals surface area contributed by atoms with Crippen molar-refractivity contribution in [1.29, 1.82) is 0 Å². The Labute approximate surface area is 122 Å². The standard InChI is InChI=1S/C12H17N3O5S/c1-2-21(18,19)14-7-9-6-13-10-5-8(15-12(16)17)3-4-11(10)20-9/h3-5,9,13-15H,2,6-7H2,1H3,(H,16,17). The molecule has 1 aliphatic rings. The first-order chi connectivity index (χ1) is 9.89. The summed E-state index contributed by atoms with van der Waals surface area (Å²) in [5, 5.41) is 14.0. The Morgan fingerprint density at radius 1 is 1.52 bits per heavy atom. The molecule has 0 spiro atoms. The largest absolute Gasteiger partial charge is 0.485 e. The van der Waals surface area contributed by atoms with E-state index in [0.717, 1.165) is 0 Å². The molecular weight excluding hydrogens is 298 g/mol. The van der Waals surface area contributed by atoms with Crippen molar-refractivity contribution < 1.29 is 23.1 Å². The molecule has 1 aliphatic heterocycles. The molecule has 8 nitrogen and oxygen atoms in total. The number of carbonyl (C=O) groups is 1. The molecule has 1 amide bonds. The van der Waals surface area contributed by atoms with E-state index in [1.54, 1.807) is 25.1 Å². The van der Waals surface area contributed by atoms with Gasteiger partial charge in [-0.15, -0.1) is 0 Å². The monoisotopic (exact) mass is 315 g/mol. The van der Waals surface area contributed by atoms with Crippen LogP contribution in [0.2, 0.25) is 0 Å². The van der Waals surface area contributed by atoms with Crippen LogP contribution in [0, 0.1) is 0 Å². The average molecular weight is 315 g/mol. The van der Waals surface area contributed by atoms with Crippen LogP contribution in [0.25, 0.3) is 0 Å². The van der Waals surface area contributed by atoms with Crippen LogP contribution in [0.1, 0.15) is 6.92 Å². The highest BCUT2D eigenvalue weighted by Crippen LogP contribution is 2.31. The fraction of sp³-hybridized carbons (Fsp3) is 0.417. The van der Waals surface area contributed by atoms with Crippen molar-refractivity contribution in [2.24, 2.45) is 0 Å². The molecule has 1 heterocycles. The fourth-order valence-electron chi connectivity index (χ4n) is 1.85. The Morgan fingerprint density at radius 2 is 2.29 bits per heavy atom. The molecule has 1 unspecified atom stereocenters. The van der Waals surface area contributed by atoms with Gasteiger partial charge in [-0.3, -0.25) is 5.32 Å². The Balaban J connectivity index is 1.99. The van der Waals surface area contributed by atoms with E-state index in [2.05, 4.69) is 15.4 Å². The lowest BCUT2D eigenvalue weighted by Gasteiger charge is -2.27. The Morgan fingerprint density at radius 3 is 2.95 bits per heavy atom. The minimum Gasteiger partial charge on any atom is -0.485 e. The van der Waals surface area contributed by atoms with Crippen LogP contribution in [0.5, 0.6) is 5.75 Å². The van der Waals surface area contributed by atoms with Gasteiger partial charge in [0.25, 0.3) is 0 Å². The molecule has 0 aliphatic carbocycles. The molecule has 1 aromatic carbocycles. The zero-order valence-corrected chi connectivity index (χ0v) is 12.2. The number of amides is 1. The number of sulfonamides is 1. The molecule has 116 valence electrons. The molecule has 0 saturated heterocycles. The van der Waals surface area contributed by atoms with E-state index in [9.17, 15) is 13.2 Å². The normalized spacial score (nSPS) is 17.3. The van der Waals surface area contributed by atoms with Gasteiger partial charge in [0.2, 0.25) is 10.0 Å². The highest BCUT2D eigenvalue weighted by atomic mass is 32.2. The van der Waals surface area contributed by atoms with E-state index in [1.165, 1.54) is 0 Å². The molecule has 4 N–H and O–H groups in total. The van der Waals surface area contributed by atoms with Crippen molar-refractivity contribution in [3.8, 4) is 5.75 Å². The number of anilines is 2. The van der Waals surface area contributed by atoms with E-state index < -0.39 is 16.1 Å². The van der Waals surface area contributed by atoms with E-state index in [1.807, 2.05) is 0 Å². The molecule has 1 atom stereocenters. The second-order valence-electron chi connectivity index (χ2n) is 4.51. The quantitative estimate of drug-likeness (QED) is 0.641. The van der Waals surface area contributed by atoms with Gasteiger partial charge in [0.15, 0.2) is 0 Å². The van der Waals surface area contributed by atoms with E-state index in [4.69, 9.17) is 9.84 Å². The zero-order chi connectivity index (χ0) is 15.5. The lowest BCUT2D eigenvalue weighted by atomic mass is 10.2. The summed E-state index contributed by atoms with van der Waals surface area (Å²) in [6, 6.07) is 4.83. The van der Waals surface area contributed by atoms with Gasteiger partial charge in [-0.2, -0.15) is 0 Å². The lowest BCUT2D eigenvalue weighted by Crippen LogP contribution is -2.41. The molecule has 0 fully saturated rings. The minimum atomic E-state index is -3.25. The first-order valence-corrected chi connectivity index (χ1v) is 8.06. The molecule has 1 aromatic rings. The van der Waals surface area contributed by atoms with Gasteiger partial charge in [-0.05, 0) is 25.1 Å². The van der Waals surface area contributed by atoms with Crippen molar-refractivity contribution >= 4 is 27.5 Å². The van der Waals surface area contributed by atoms with Crippen molar-refractivity contribution in [2.75, 3.05) is 29.5 Å². The molecule has 21 heavy (non-hydrogen) atoms. The third-order valence-corrected chi connectivity index (χ3v) is 4.32. The van der Waals surface area contributed by atoms with Gasteiger partial charge in [0.05, 0.1) is 18.0 Å². The minimum absolute atomic E-state index is 0.0218. The van der Waals surface area contributed by atoms with E-state index >= 15 is 0 Å². The topological polar surface area (TPSA) is 117 Å². The second kappa shape index (κ2) is 6.19. The van der Waals surface area contributed by atoms with Crippen LogP contribution in [0.15, 0.2) is 18.2 Å². The van der Waals surface area contributed by atoms with Gasteiger partial charge in [-0.1, -0.05) is 0 Å². The summed E-state index contributed by atoms with van der Waals surface area (Å²) in [7, 11) is -3.25. The zero-order valence-electron chi connectivity index (χ0n) is 11.4. The van der Waals surface area contributed by atoms with Crippen molar-refractivity contribution in [3.05, 3.63) is 18.2 Å². The molecule has 0 radical (unpaired) electrons. The smallest absolute Gasteiger partial charge is 0.409 e. The number of fused-ring (bicyclic) bond motifs is 1. The average Bonchev–Trinajstić information content (AvgIpc) is 2.44. The third-order valence-electron chi connectivity index (χ3n) is 2.96. The van der Waals surface area contributed by atoms with Crippen LogP contribution >= 0.6 is 0 Å². The first-order valence-electron chi connectivity index (χ1n) is 6.41. The van der Waals surface area contributed by atoms with Gasteiger partial charge in [0.1, 0.15) is 11.9 Å². The maximum Gasteiger partial charge on any atom is 0.409 e. The summed E-state index contributed by atoms with van der Waals surface area (Å²) in [5.41, 5.74) is 1.10. The molecule has 2 rings (SSSR count). The highest BCUT2D eigenvalue weighted by Gasteiger charge is 2.21. The summed E-state index contributed by atoms with van der Waals surface area (Å²) in [5.74, 6) is 0.575. The Kier molecular flexibility index (Phi) is 4.53. The maximum atomic E-state index is 11.4. The van der Waals surface area contributed by atoms with Crippen molar-refractivity contribution in [1.82, 2.24) is 4.72 Å². The van der Waals surface area contributed by atoms with Gasteiger partial charge in [-0.25, -0.2) is 17.9 Å². The maximum absolute atomic E-state index is 11.4. The summed E-state index contributed by atoms with van der Waals surface area (Å²) in [6.07, 6.45) is -1.46. The van der Waals surface area contributed by atoms with Crippen molar-refractivity contribution in [2.45, 2.75) is 13.0 Å². The van der Waals surface area contributed by atoms with Crippen LogP contribution in [0.3, 0.4) is 0 Å². The predicted molar refractivity (Wildman–Crippen MR) is 78.5 cm³/mol. The van der Waals surface area contributed by atoms with Gasteiger partial charge in [0, 0.05) is 12.2 Å². The van der Waals surface area contributed by atoms with E-state index in [-0.39, 0.29) is 18.4 Å². The van der Waals surface area contributed by atoms with E-state index in [0.29, 0.717) is 23.7 Å². The summed E-state index contributed by atoms with van der Waals surface area (Å²) >= 11 is 0. The molecule has 9 heteroatoms. The number of benzene rings is 1. The van der Waals surface area contributed by atoms with Crippen LogP contribution < -0.4 is 20.1 Å². The summed E-state index contributed by atoms with van der Waals surface area (Å²) in [4.78, 5) is 10.6. The number of rotatable bonds is 5. The van der Waals surface area contributed by atoms with Gasteiger partial charge < -0.3 is 15.2 Å². The summed E-state index contributed by atoms with van der Waals surface area (Å²) < 4.78 is 30.9. The first kappa shape index (κ1) is 15.4. The van der Waals surface area contributed by atoms with Crippen LogP contribution in [-0.4, -0.2) is 44.6 Å². The SMILES string of the molecule is CCS(=O)(=O)NCC1CNc2cc(NC(=O)O)ccc2O1. The van der Waals surface area contributed by atoms with Crippen molar-refractivity contribution in [3.63, 3.8) is 0 Å². The molecular formula is C12H17N3O5S. The number of carboxylic acid groups (broad SMARTS) is 1. The summed E-state index contributed by atoms with van der Waals surface area (Å²) in [6.45, 7) is 2.17. The predicted octanol–water partition coefficient (Wildman–Crippen LogP) is 0.889. The fourth-order valence-corrected chi connectivity index (χ4v) is 2.50. The second-order valence-corrected chi connectivity index (χ2v) is 6.61. The number of hydrogen-bond donors (Lipinski definition) is 4. The number of ether oxygens (including phenoxy) is 1. The molecule has 0 aromatic heterocycles. The number of hydrogen-bond acceptors (Lipinski definition) is 5.